The summed E-state index contributed by atoms with van der Waals surface area (Å²) in [6, 6.07) is 10.4. The zero-order chi connectivity index (χ0) is 15.9. The van der Waals surface area contributed by atoms with Gasteiger partial charge in [0.1, 0.15) is 17.6 Å². The van der Waals surface area contributed by atoms with Crippen molar-refractivity contribution in [2.24, 2.45) is 0 Å². The average molecular weight is 299 g/mol. The second kappa shape index (κ2) is 5.35. The third-order valence-electron chi connectivity index (χ3n) is 3.80. The highest BCUT2D eigenvalue weighted by Gasteiger charge is 2.34. The van der Waals surface area contributed by atoms with E-state index in [9.17, 15) is 15.0 Å². The number of nitrogens with one attached hydrogen (secondary N) is 1. The van der Waals surface area contributed by atoms with Crippen LogP contribution in [-0.2, 0) is 4.79 Å². The number of phenolic OH excluding ortho intramolecular Hbond substituents is 1. The Balaban J connectivity index is 1.93. The van der Waals surface area contributed by atoms with Crippen LogP contribution in [0.4, 0.5) is 5.69 Å². The molecule has 2 aromatic rings. The van der Waals surface area contributed by atoms with Crippen LogP contribution in [0, 0.1) is 13.8 Å². The highest BCUT2D eigenvalue weighted by Crippen LogP contribution is 2.34. The summed E-state index contributed by atoms with van der Waals surface area (Å²) in [5, 5.41) is 23.1. The van der Waals surface area contributed by atoms with Gasteiger partial charge >= 0.3 is 0 Å². The topological polar surface area (TPSA) is 78.8 Å². The van der Waals surface area contributed by atoms with E-state index in [0.717, 1.165) is 0 Å². The number of carbonyl (C=O) groups is 1. The minimum Gasteiger partial charge on any atom is -0.507 e. The van der Waals surface area contributed by atoms with Gasteiger partial charge in [0.05, 0.1) is 5.69 Å². The van der Waals surface area contributed by atoms with Crippen molar-refractivity contribution in [2.75, 3.05) is 5.32 Å². The molecule has 114 valence electrons. The number of para-hydroxylation sites is 2. The van der Waals surface area contributed by atoms with E-state index in [1.54, 1.807) is 50.2 Å². The van der Waals surface area contributed by atoms with Gasteiger partial charge in [-0.3, -0.25) is 4.79 Å². The predicted octanol–water partition coefficient (Wildman–Crippen LogP) is 2.44. The Morgan fingerprint density at radius 1 is 1.18 bits per heavy atom. The number of aryl methyl sites for hydroxylation is 2. The number of anilines is 1. The number of ether oxygens (including phenoxy) is 1. The Morgan fingerprint density at radius 3 is 2.50 bits per heavy atom. The maximum atomic E-state index is 12.2. The molecule has 0 spiro atoms. The molecule has 22 heavy (non-hydrogen) atoms. The van der Waals surface area contributed by atoms with E-state index in [1.165, 1.54) is 0 Å². The summed E-state index contributed by atoms with van der Waals surface area (Å²) >= 11 is 0. The first-order valence-corrected chi connectivity index (χ1v) is 7.02. The SMILES string of the molecule is Cc1cc(C(O)C2Oc3ccccc3NC2=O)cc(C)c1O. The zero-order valence-corrected chi connectivity index (χ0v) is 12.3. The molecule has 5 nitrogen and oxygen atoms in total. The Hall–Kier alpha value is -2.53. The lowest BCUT2D eigenvalue weighted by molar-refractivity contribution is -0.128. The Kier molecular flexibility index (Phi) is 3.50. The lowest BCUT2D eigenvalue weighted by Gasteiger charge is -2.29. The Morgan fingerprint density at radius 2 is 1.82 bits per heavy atom. The van der Waals surface area contributed by atoms with Crippen molar-refractivity contribution in [1.82, 2.24) is 0 Å². The third kappa shape index (κ3) is 2.40. The monoisotopic (exact) mass is 299 g/mol. The van der Waals surface area contributed by atoms with Gasteiger partial charge in [-0.25, -0.2) is 0 Å². The number of aliphatic hydroxyl groups is 1. The molecule has 2 atom stereocenters. The predicted molar refractivity (Wildman–Crippen MR) is 82.0 cm³/mol. The second-order valence-electron chi connectivity index (χ2n) is 5.47. The van der Waals surface area contributed by atoms with Crippen LogP contribution in [0.3, 0.4) is 0 Å². The van der Waals surface area contributed by atoms with Gasteiger partial charge < -0.3 is 20.3 Å². The summed E-state index contributed by atoms with van der Waals surface area (Å²) in [5.41, 5.74) is 2.41. The molecule has 0 fully saturated rings. The van der Waals surface area contributed by atoms with Gasteiger partial charge in [-0.15, -0.1) is 0 Å². The number of aliphatic hydroxyl groups excluding tert-OH is 1. The molecule has 5 heteroatoms. The van der Waals surface area contributed by atoms with Crippen molar-refractivity contribution in [3.05, 3.63) is 53.1 Å². The number of hydrogen-bond acceptors (Lipinski definition) is 4. The lowest BCUT2D eigenvalue weighted by Crippen LogP contribution is -2.41. The molecule has 0 saturated heterocycles. The average Bonchev–Trinajstić information content (AvgIpc) is 2.50. The lowest BCUT2D eigenvalue weighted by atomic mass is 9.97. The number of phenols is 1. The highest BCUT2D eigenvalue weighted by atomic mass is 16.5. The Bertz CT molecular complexity index is 718. The molecule has 0 radical (unpaired) electrons. The van der Waals surface area contributed by atoms with Crippen LogP contribution in [-0.4, -0.2) is 22.2 Å². The summed E-state index contributed by atoms with van der Waals surface area (Å²) in [6.07, 6.45) is -2.15. The Labute approximate surface area is 128 Å². The van der Waals surface area contributed by atoms with Crippen LogP contribution in [0.1, 0.15) is 22.8 Å². The minimum absolute atomic E-state index is 0.190. The number of aromatic hydroxyl groups is 1. The van der Waals surface area contributed by atoms with E-state index in [2.05, 4.69) is 5.32 Å². The second-order valence-corrected chi connectivity index (χ2v) is 5.47. The molecule has 1 aliphatic rings. The largest absolute Gasteiger partial charge is 0.507 e. The standard InChI is InChI=1S/C17H17NO4/c1-9-7-11(8-10(2)14(9)19)15(20)16-17(21)18-12-5-3-4-6-13(12)22-16/h3-8,15-16,19-20H,1-2H3,(H,18,21). The number of hydrogen-bond donors (Lipinski definition) is 3. The summed E-state index contributed by atoms with van der Waals surface area (Å²) in [6.45, 7) is 3.49. The van der Waals surface area contributed by atoms with Crippen molar-refractivity contribution in [3.63, 3.8) is 0 Å². The molecule has 0 saturated carbocycles. The van der Waals surface area contributed by atoms with Crippen LogP contribution in [0.25, 0.3) is 0 Å². The van der Waals surface area contributed by atoms with Gasteiger partial charge in [0.25, 0.3) is 5.91 Å². The maximum Gasteiger partial charge on any atom is 0.268 e. The fourth-order valence-corrected chi connectivity index (χ4v) is 2.61. The minimum atomic E-state index is -1.12. The molecule has 0 bridgehead atoms. The first-order chi connectivity index (χ1) is 10.5. The summed E-state index contributed by atoms with van der Waals surface area (Å²) < 4.78 is 5.65. The summed E-state index contributed by atoms with van der Waals surface area (Å²) in [4.78, 5) is 12.2. The van der Waals surface area contributed by atoms with Crippen molar-refractivity contribution in [3.8, 4) is 11.5 Å². The van der Waals surface area contributed by atoms with E-state index in [0.29, 0.717) is 28.1 Å². The normalized spacial score (nSPS) is 18.1. The third-order valence-corrected chi connectivity index (χ3v) is 3.80. The fraction of sp³-hybridized carbons (Fsp3) is 0.235. The maximum absolute atomic E-state index is 12.2. The number of amides is 1. The molecule has 3 N–H and O–H groups in total. The van der Waals surface area contributed by atoms with Gasteiger partial charge in [0.2, 0.25) is 6.10 Å². The van der Waals surface area contributed by atoms with Gasteiger partial charge in [-0.2, -0.15) is 0 Å². The van der Waals surface area contributed by atoms with Crippen molar-refractivity contribution < 1.29 is 19.7 Å². The van der Waals surface area contributed by atoms with E-state index in [4.69, 9.17) is 4.74 Å². The number of rotatable bonds is 2. The number of benzene rings is 2. The molecule has 0 aliphatic carbocycles. The molecular weight excluding hydrogens is 282 g/mol. The molecule has 1 aliphatic heterocycles. The molecule has 3 rings (SSSR count). The van der Waals surface area contributed by atoms with Crippen LogP contribution in [0.2, 0.25) is 0 Å². The van der Waals surface area contributed by atoms with Crippen LogP contribution < -0.4 is 10.1 Å². The fourth-order valence-electron chi connectivity index (χ4n) is 2.61. The van der Waals surface area contributed by atoms with Gasteiger partial charge in [-0.05, 0) is 54.8 Å². The highest BCUT2D eigenvalue weighted by molar-refractivity contribution is 5.98. The van der Waals surface area contributed by atoms with E-state index in [-0.39, 0.29) is 5.75 Å². The molecular formula is C17H17NO4. The molecule has 2 aromatic carbocycles. The van der Waals surface area contributed by atoms with E-state index >= 15 is 0 Å². The van der Waals surface area contributed by atoms with Gasteiger partial charge in [0, 0.05) is 0 Å². The number of fused-ring (bicyclic) bond motifs is 1. The number of carbonyl (C=O) groups excluding carboxylic acids is 1. The van der Waals surface area contributed by atoms with Crippen molar-refractivity contribution in [1.29, 1.82) is 0 Å². The molecule has 0 aromatic heterocycles. The first kappa shape index (κ1) is 14.4. The quantitative estimate of drug-likeness (QED) is 0.796. The van der Waals surface area contributed by atoms with Crippen molar-refractivity contribution in [2.45, 2.75) is 26.1 Å². The van der Waals surface area contributed by atoms with Gasteiger partial charge in [-0.1, -0.05) is 12.1 Å². The van der Waals surface area contributed by atoms with Crippen LogP contribution >= 0.6 is 0 Å². The van der Waals surface area contributed by atoms with Gasteiger partial charge in [0.15, 0.2) is 0 Å². The van der Waals surface area contributed by atoms with Crippen molar-refractivity contribution >= 4 is 11.6 Å². The van der Waals surface area contributed by atoms with Crippen LogP contribution in [0.5, 0.6) is 11.5 Å². The molecule has 1 amide bonds. The van der Waals surface area contributed by atoms with Crippen LogP contribution in [0.15, 0.2) is 36.4 Å². The zero-order valence-electron chi connectivity index (χ0n) is 12.3. The van der Waals surface area contributed by atoms with E-state index in [1.807, 2.05) is 0 Å². The summed E-state index contributed by atoms with van der Waals surface area (Å²) in [5.74, 6) is 0.322. The summed E-state index contributed by atoms with van der Waals surface area (Å²) in [7, 11) is 0. The smallest absolute Gasteiger partial charge is 0.268 e. The molecule has 1 heterocycles. The first-order valence-electron chi connectivity index (χ1n) is 7.02. The van der Waals surface area contributed by atoms with E-state index < -0.39 is 18.1 Å². The molecule has 2 unspecified atom stereocenters.